The molecule has 1 N–H and O–H groups in total. The summed E-state index contributed by atoms with van der Waals surface area (Å²) in [6.45, 7) is 9.45. The van der Waals surface area contributed by atoms with Crippen LogP contribution in [0.25, 0.3) is 0 Å². The van der Waals surface area contributed by atoms with Crippen LogP contribution in [0.1, 0.15) is 28.3 Å². The molecule has 0 radical (unpaired) electrons. The molecule has 1 heterocycles. The molecule has 1 atom stereocenters. The van der Waals surface area contributed by atoms with Gasteiger partial charge < -0.3 is 4.74 Å². The van der Waals surface area contributed by atoms with Crippen LogP contribution < -0.4 is 4.72 Å². The summed E-state index contributed by atoms with van der Waals surface area (Å²) in [4.78, 5) is 2.59. The van der Waals surface area contributed by atoms with Crippen molar-refractivity contribution in [1.82, 2.24) is 9.62 Å². The molecule has 0 spiro atoms. The number of morpholine rings is 1. The first kappa shape index (κ1) is 20.0. The fourth-order valence-electron chi connectivity index (χ4n) is 3.40. The van der Waals surface area contributed by atoms with Crippen LogP contribution in [0.15, 0.2) is 47.4 Å². The van der Waals surface area contributed by atoms with Crippen LogP contribution >= 0.6 is 0 Å². The molecule has 1 aliphatic heterocycles. The smallest absolute Gasteiger partial charge is 0.241 e. The van der Waals surface area contributed by atoms with Gasteiger partial charge in [0.2, 0.25) is 10.0 Å². The first-order chi connectivity index (χ1) is 12.8. The Morgan fingerprint density at radius 3 is 2.26 bits per heavy atom. The Morgan fingerprint density at radius 1 is 1.00 bits per heavy atom. The van der Waals surface area contributed by atoms with Gasteiger partial charge in [-0.15, -0.1) is 0 Å². The lowest BCUT2D eigenvalue weighted by Crippen LogP contribution is -2.43. The highest BCUT2D eigenvalue weighted by Crippen LogP contribution is 2.22. The van der Waals surface area contributed by atoms with Gasteiger partial charge in [0, 0.05) is 19.6 Å². The van der Waals surface area contributed by atoms with Gasteiger partial charge in [0.25, 0.3) is 0 Å². The zero-order valence-electron chi connectivity index (χ0n) is 16.2. The predicted molar refractivity (Wildman–Crippen MR) is 107 cm³/mol. The van der Waals surface area contributed by atoms with Crippen molar-refractivity contribution in [2.45, 2.75) is 31.7 Å². The van der Waals surface area contributed by atoms with E-state index in [1.807, 2.05) is 57.2 Å². The van der Waals surface area contributed by atoms with Crippen LogP contribution in [0.3, 0.4) is 0 Å². The average molecular weight is 389 g/mol. The molecule has 6 heteroatoms. The van der Waals surface area contributed by atoms with Gasteiger partial charge >= 0.3 is 0 Å². The maximum absolute atomic E-state index is 13.1. The minimum atomic E-state index is -3.62. The summed E-state index contributed by atoms with van der Waals surface area (Å²) in [6.07, 6.45) is 0. The van der Waals surface area contributed by atoms with E-state index in [0.717, 1.165) is 35.3 Å². The molecule has 5 nitrogen and oxygen atoms in total. The van der Waals surface area contributed by atoms with E-state index in [2.05, 4.69) is 9.62 Å². The molecule has 0 aromatic heterocycles. The molecule has 0 amide bonds. The van der Waals surface area contributed by atoms with Gasteiger partial charge in [-0.1, -0.05) is 47.5 Å². The van der Waals surface area contributed by atoms with E-state index < -0.39 is 10.0 Å². The Bertz CT molecular complexity index is 873. The molecule has 3 rings (SSSR count). The van der Waals surface area contributed by atoms with Gasteiger partial charge in [0.1, 0.15) is 0 Å². The highest BCUT2D eigenvalue weighted by molar-refractivity contribution is 7.89. The van der Waals surface area contributed by atoms with Gasteiger partial charge in [0.15, 0.2) is 0 Å². The number of hydrogen-bond acceptors (Lipinski definition) is 4. The van der Waals surface area contributed by atoms with Crippen LogP contribution in [0, 0.1) is 20.8 Å². The van der Waals surface area contributed by atoms with E-state index in [4.69, 9.17) is 4.74 Å². The van der Waals surface area contributed by atoms with Crippen molar-refractivity contribution in [1.29, 1.82) is 0 Å². The Hall–Kier alpha value is -1.73. The maximum Gasteiger partial charge on any atom is 0.241 e. The van der Waals surface area contributed by atoms with Crippen LogP contribution in [-0.2, 0) is 14.8 Å². The lowest BCUT2D eigenvalue weighted by atomic mass is 10.1. The lowest BCUT2D eigenvalue weighted by Gasteiger charge is -2.31. The number of hydrogen-bond donors (Lipinski definition) is 1. The number of rotatable bonds is 6. The molecule has 27 heavy (non-hydrogen) atoms. The predicted octanol–water partition coefficient (Wildman–Crippen LogP) is 2.96. The molecule has 2 aromatic rings. The van der Waals surface area contributed by atoms with Crippen molar-refractivity contribution in [2.24, 2.45) is 0 Å². The molecule has 1 saturated heterocycles. The Morgan fingerprint density at radius 2 is 1.63 bits per heavy atom. The Labute approximate surface area is 162 Å². The largest absolute Gasteiger partial charge is 0.379 e. The minimum absolute atomic E-state index is 0.311. The number of aryl methyl sites for hydroxylation is 3. The third kappa shape index (κ3) is 5.17. The second kappa shape index (κ2) is 8.52. The molecule has 0 unspecified atom stereocenters. The van der Waals surface area contributed by atoms with E-state index in [1.165, 1.54) is 0 Å². The quantitative estimate of drug-likeness (QED) is 0.827. The minimum Gasteiger partial charge on any atom is -0.379 e. The van der Waals surface area contributed by atoms with Crippen molar-refractivity contribution in [3.05, 3.63) is 64.7 Å². The monoisotopic (exact) mass is 388 g/mol. The molecular weight excluding hydrogens is 360 g/mol. The van der Waals surface area contributed by atoms with E-state index in [-0.39, 0.29) is 6.04 Å². The van der Waals surface area contributed by atoms with Crippen LogP contribution in [0.5, 0.6) is 0 Å². The van der Waals surface area contributed by atoms with Crippen molar-refractivity contribution in [2.75, 3.05) is 32.8 Å². The summed E-state index contributed by atoms with van der Waals surface area (Å²) in [5.41, 5.74) is 3.94. The summed E-state index contributed by atoms with van der Waals surface area (Å²) in [5, 5.41) is 0. The van der Waals surface area contributed by atoms with E-state index >= 15 is 0 Å². The van der Waals surface area contributed by atoms with Crippen molar-refractivity contribution in [3.8, 4) is 0 Å². The third-order valence-corrected chi connectivity index (χ3v) is 6.57. The molecule has 146 valence electrons. The van der Waals surface area contributed by atoms with Crippen LogP contribution in [0.2, 0.25) is 0 Å². The Balaban J connectivity index is 1.88. The zero-order chi connectivity index (χ0) is 19.4. The summed E-state index contributed by atoms with van der Waals surface area (Å²) in [6, 6.07) is 13.2. The van der Waals surface area contributed by atoms with E-state index in [0.29, 0.717) is 24.7 Å². The molecular formula is C21H28N2O3S. The number of nitrogens with zero attached hydrogens (tertiary/aromatic N) is 1. The molecule has 1 aliphatic rings. The number of sulfonamides is 1. The van der Waals surface area contributed by atoms with Gasteiger partial charge in [-0.05, 0) is 38.0 Å². The summed E-state index contributed by atoms with van der Waals surface area (Å²) < 4.78 is 34.6. The van der Waals surface area contributed by atoms with Crippen molar-refractivity contribution >= 4 is 10.0 Å². The first-order valence-corrected chi connectivity index (χ1v) is 10.8. The number of nitrogens with one attached hydrogen (secondary N) is 1. The SMILES string of the molecule is Cc1ccc([C@H](CN2CCOCC2)NS(=O)(=O)c2ccc(C)cc2C)cc1. The second-order valence-corrected chi connectivity index (χ2v) is 8.95. The number of ether oxygens (including phenoxy) is 1. The normalized spacial score (nSPS) is 17.0. The Kier molecular flexibility index (Phi) is 6.32. The third-order valence-electron chi connectivity index (χ3n) is 4.94. The van der Waals surface area contributed by atoms with Crippen molar-refractivity contribution < 1.29 is 13.2 Å². The summed E-state index contributed by atoms with van der Waals surface area (Å²) in [7, 11) is -3.62. The van der Waals surface area contributed by atoms with E-state index in [1.54, 1.807) is 6.07 Å². The van der Waals surface area contributed by atoms with Gasteiger partial charge in [-0.25, -0.2) is 13.1 Å². The highest BCUT2D eigenvalue weighted by atomic mass is 32.2. The van der Waals surface area contributed by atoms with Gasteiger partial charge in [0.05, 0.1) is 24.2 Å². The van der Waals surface area contributed by atoms with Crippen molar-refractivity contribution in [3.63, 3.8) is 0 Å². The molecule has 2 aromatic carbocycles. The average Bonchev–Trinajstić information content (AvgIpc) is 2.62. The first-order valence-electron chi connectivity index (χ1n) is 9.31. The van der Waals surface area contributed by atoms with Crippen LogP contribution in [0.4, 0.5) is 0 Å². The van der Waals surface area contributed by atoms with E-state index in [9.17, 15) is 8.42 Å². The summed E-state index contributed by atoms with van der Waals surface area (Å²) in [5.74, 6) is 0. The zero-order valence-corrected chi connectivity index (χ0v) is 17.1. The number of benzene rings is 2. The fourth-order valence-corrected chi connectivity index (χ4v) is 4.85. The summed E-state index contributed by atoms with van der Waals surface area (Å²) >= 11 is 0. The fraction of sp³-hybridized carbons (Fsp3) is 0.429. The standard InChI is InChI=1S/C21H28N2O3S/c1-16-4-7-19(8-5-16)20(15-23-10-12-26-13-11-23)22-27(24,25)21-9-6-17(2)14-18(21)3/h4-9,14,20,22H,10-13,15H2,1-3H3/t20-/m0/s1. The second-order valence-electron chi connectivity index (χ2n) is 7.27. The molecule has 0 bridgehead atoms. The van der Waals surface area contributed by atoms with Gasteiger partial charge in [-0.3, -0.25) is 4.90 Å². The molecule has 1 fully saturated rings. The van der Waals surface area contributed by atoms with Gasteiger partial charge in [-0.2, -0.15) is 0 Å². The lowest BCUT2D eigenvalue weighted by molar-refractivity contribution is 0.0345. The molecule has 0 saturated carbocycles. The van der Waals surface area contributed by atoms with Crippen LogP contribution in [-0.4, -0.2) is 46.2 Å². The topological polar surface area (TPSA) is 58.6 Å². The maximum atomic E-state index is 13.1. The molecule has 0 aliphatic carbocycles. The highest BCUT2D eigenvalue weighted by Gasteiger charge is 2.25.